The van der Waals surface area contributed by atoms with Crippen molar-refractivity contribution in [2.24, 2.45) is 10.7 Å². The Labute approximate surface area is 156 Å². The maximum atomic E-state index is 12.6. The van der Waals surface area contributed by atoms with Crippen molar-refractivity contribution >= 4 is 35.8 Å². The highest BCUT2D eigenvalue weighted by molar-refractivity contribution is 7.10. The van der Waals surface area contributed by atoms with Crippen LogP contribution in [-0.4, -0.2) is 35.9 Å². The molecule has 2 rings (SSSR count). The zero-order chi connectivity index (χ0) is 19.1. The fourth-order valence-electron chi connectivity index (χ4n) is 2.85. The predicted molar refractivity (Wildman–Crippen MR) is 101 cm³/mol. The Morgan fingerprint density at radius 3 is 2.81 bits per heavy atom. The largest absolute Gasteiger partial charge is 0.366 e. The van der Waals surface area contributed by atoms with Crippen LogP contribution in [-0.2, 0) is 14.4 Å². The van der Waals surface area contributed by atoms with E-state index in [1.165, 1.54) is 12.3 Å². The summed E-state index contributed by atoms with van der Waals surface area (Å²) in [4.78, 5) is 42.5. The Bertz CT molecular complexity index is 752. The lowest BCUT2D eigenvalue weighted by Crippen LogP contribution is -2.46. The molecule has 26 heavy (non-hydrogen) atoms. The van der Waals surface area contributed by atoms with Crippen LogP contribution in [0.2, 0.25) is 0 Å². The number of hydrogen-bond donors (Lipinski definition) is 2. The number of thiophene rings is 1. The van der Waals surface area contributed by atoms with Gasteiger partial charge in [-0.05, 0) is 50.4 Å². The van der Waals surface area contributed by atoms with E-state index >= 15 is 0 Å². The van der Waals surface area contributed by atoms with Crippen molar-refractivity contribution < 1.29 is 14.4 Å². The van der Waals surface area contributed by atoms with Crippen LogP contribution in [0.3, 0.4) is 0 Å². The lowest BCUT2D eigenvalue weighted by atomic mass is 10.0. The van der Waals surface area contributed by atoms with E-state index in [0.717, 1.165) is 24.1 Å². The third-order valence-electron chi connectivity index (χ3n) is 4.03. The van der Waals surface area contributed by atoms with Crippen LogP contribution in [0.15, 0.2) is 46.1 Å². The van der Waals surface area contributed by atoms with Crippen LogP contribution in [0.1, 0.15) is 37.1 Å². The van der Waals surface area contributed by atoms with Gasteiger partial charge >= 0.3 is 11.8 Å². The molecule has 0 radical (unpaired) electrons. The quantitative estimate of drug-likeness (QED) is 0.356. The molecule has 1 aromatic rings. The molecule has 1 aliphatic heterocycles. The van der Waals surface area contributed by atoms with Gasteiger partial charge in [0, 0.05) is 23.3 Å². The molecular formula is C18H22N4O3S. The van der Waals surface area contributed by atoms with Crippen molar-refractivity contribution in [1.29, 1.82) is 0 Å². The third-order valence-corrected chi connectivity index (χ3v) is 5.00. The first-order valence-corrected chi connectivity index (χ1v) is 9.11. The number of aliphatic imine (C=N–C) groups is 1. The average molecular weight is 374 g/mol. The molecule has 1 unspecified atom stereocenters. The lowest BCUT2D eigenvalue weighted by molar-refractivity contribution is -0.148. The van der Waals surface area contributed by atoms with Crippen LogP contribution in [0, 0.1) is 0 Å². The molecule has 0 bridgehead atoms. The molecule has 0 saturated carbocycles. The molecule has 0 spiro atoms. The summed E-state index contributed by atoms with van der Waals surface area (Å²) < 4.78 is 0. The summed E-state index contributed by atoms with van der Waals surface area (Å²) in [5, 5.41) is 4.47. The zero-order valence-corrected chi connectivity index (χ0v) is 15.4. The number of rotatable bonds is 5. The summed E-state index contributed by atoms with van der Waals surface area (Å²) in [7, 11) is 0. The van der Waals surface area contributed by atoms with Gasteiger partial charge in [-0.15, -0.1) is 11.3 Å². The number of piperidine rings is 1. The normalized spacial score (nSPS) is 18.3. The van der Waals surface area contributed by atoms with E-state index in [4.69, 9.17) is 5.73 Å². The van der Waals surface area contributed by atoms with Crippen molar-refractivity contribution in [2.45, 2.75) is 32.2 Å². The fraction of sp³-hybridized carbons (Fsp3) is 0.333. The van der Waals surface area contributed by atoms with E-state index in [1.54, 1.807) is 23.2 Å². The molecule has 138 valence electrons. The number of nitrogens with zero attached hydrogens (tertiary/aromatic N) is 2. The topological polar surface area (TPSA) is 105 Å². The Kier molecular flexibility index (Phi) is 6.85. The Morgan fingerprint density at radius 2 is 2.19 bits per heavy atom. The SMILES string of the molecule is C=N/C=C(\C=C(/C)NC(=O)C(=O)N1CCCCC1c1cccs1)C(N)=O. The van der Waals surface area contributed by atoms with Crippen LogP contribution in [0.4, 0.5) is 0 Å². The van der Waals surface area contributed by atoms with E-state index in [0.29, 0.717) is 12.2 Å². The van der Waals surface area contributed by atoms with Gasteiger partial charge in [0.05, 0.1) is 11.6 Å². The molecule has 1 fully saturated rings. The monoisotopic (exact) mass is 374 g/mol. The summed E-state index contributed by atoms with van der Waals surface area (Å²) in [6.45, 7) is 5.38. The maximum Gasteiger partial charge on any atom is 0.313 e. The molecule has 0 aromatic carbocycles. The van der Waals surface area contributed by atoms with Crippen molar-refractivity contribution in [1.82, 2.24) is 10.2 Å². The number of likely N-dealkylation sites (tertiary alicyclic amines) is 1. The number of nitrogens with one attached hydrogen (secondary N) is 1. The number of primary amides is 1. The highest BCUT2D eigenvalue weighted by Gasteiger charge is 2.32. The van der Waals surface area contributed by atoms with Gasteiger partial charge in [-0.3, -0.25) is 19.4 Å². The second-order valence-corrected chi connectivity index (χ2v) is 6.92. The molecule has 1 aromatic heterocycles. The van der Waals surface area contributed by atoms with Crippen LogP contribution in [0.5, 0.6) is 0 Å². The first-order valence-electron chi connectivity index (χ1n) is 8.23. The van der Waals surface area contributed by atoms with Gasteiger partial charge in [-0.1, -0.05) is 6.07 Å². The van der Waals surface area contributed by atoms with Crippen molar-refractivity contribution in [3.05, 3.63) is 45.9 Å². The Hall–Kier alpha value is -2.74. The fourth-order valence-corrected chi connectivity index (χ4v) is 3.73. The van der Waals surface area contributed by atoms with Gasteiger partial charge in [-0.2, -0.15) is 0 Å². The minimum atomic E-state index is -0.738. The minimum Gasteiger partial charge on any atom is -0.366 e. The summed E-state index contributed by atoms with van der Waals surface area (Å²) in [5.41, 5.74) is 5.63. The highest BCUT2D eigenvalue weighted by Crippen LogP contribution is 2.33. The van der Waals surface area contributed by atoms with E-state index in [1.807, 2.05) is 17.5 Å². The highest BCUT2D eigenvalue weighted by atomic mass is 32.1. The second-order valence-electron chi connectivity index (χ2n) is 5.94. The van der Waals surface area contributed by atoms with Crippen LogP contribution in [0.25, 0.3) is 0 Å². The molecule has 2 heterocycles. The van der Waals surface area contributed by atoms with Gasteiger partial charge in [0.15, 0.2) is 0 Å². The van der Waals surface area contributed by atoms with E-state index in [-0.39, 0.29) is 11.6 Å². The summed E-state index contributed by atoms with van der Waals surface area (Å²) >= 11 is 1.58. The van der Waals surface area contributed by atoms with Gasteiger partial charge < -0.3 is 16.0 Å². The van der Waals surface area contributed by atoms with Crippen molar-refractivity contribution in [3.8, 4) is 0 Å². The summed E-state index contributed by atoms with van der Waals surface area (Å²) in [5.74, 6) is -2.02. The van der Waals surface area contributed by atoms with E-state index in [2.05, 4.69) is 17.0 Å². The van der Waals surface area contributed by atoms with Crippen LogP contribution < -0.4 is 11.1 Å². The van der Waals surface area contributed by atoms with E-state index < -0.39 is 17.7 Å². The van der Waals surface area contributed by atoms with Crippen LogP contribution >= 0.6 is 11.3 Å². The first-order chi connectivity index (χ1) is 12.4. The molecule has 1 atom stereocenters. The molecule has 8 heteroatoms. The Balaban J connectivity index is 2.10. The predicted octanol–water partition coefficient (Wildman–Crippen LogP) is 1.89. The van der Waals surface area contributed by atoms with Crippen molar-refractivity contribution in [3.63, 3.8) is 0 Å². The number of amides is 3. The zero-order valence-electron chi connectivity index (χ0n) is 14.6. The standard InChI is InChI=1S/C18H22N4O3S/c1-12(10-13(11-20-2)16(19)23)21-17(24)18(25)22-8-4-3-6-14(22)15-7-5-9-26-15/h5,7,9-11,14H,2-4,6,8H2,1H3,(H2,19,23)(H,21,24)/b12-10+,13-11+. The van der Waals surface area contributed by atoms with E-state index in [9.17, 15) is 14.4 Å². The number of allylic oxidation sites excluding steroid dienone is 1. The van der Waals surface area contributed by atoms with Gasteiger partial charge in [0.1, 0.15) is 0 Å². The summed E-state index contributed by atoms with van der Waals surface area (Å²) in [6, 6.07) is 3.85. The number of carbonyl (C=O) groups excluding carboxylic acids is 3. The van der Waals surface area contributed by atoms with Gasteiger partial charge in [-0.25, -0.2) is 0 Å². The number of hydrogen-bond acceptors (Lipinski definition) is 5. The molecule has 1 saturated heterocycles. The molecule has 7 nitrogen and oxygen atoms in total. The number of nitrogens with two attached hydrogens (primary N) is 1. The minimum absolute atomic E-state index is 0.0719. The average Bonchev–Trinajstić information content (AvgIpc) is 3.15. The number of carbonyl (C=O) groups is 3. The Morgan fingerprint density at radius 1 is 1.42 bits per heavy atom. The van der Waals surface area contributed by atoms with Crippen molar-refractivity contribution in [2.75, 3.05) is 6.54 Å². The molecule has 3 N–H and O–H groups in total. The smallest absolute Gasteiger partial charge is 0.313 e. The molecular weight excluding hydrogens is 352 g/mol. The second kappa shape index (κ2) is 9.10. The molecule has 0 aliphatic carbocycles. The first kappa shape index (κ1) is 19.6. The lowest BCUT2D eigenvalue weighted by Gasteiger charge is -2.34. The van der Waals surface area contributed by atoms with Gasteiger partial charge in [0.25, 0.3) is 0 Å². The summed E-state index contributed by atoms with van der Waals surface area (Å²) in [6.07, 6.45) is 5.28. The third kappa shape index (κ3) is 4.89. The maximum absolute atomic E-state index is 12.6. The molecule has 3 amide bonds. The molecule has 1 aliphatic rings. The van der Waals surface area contributed by atoms with Gasteiger partial charge in [0.2, 0.25) is 5.91 Å².